The van der Waals surface area contributed by atoms with Gasteiger partial charge in [0.15, 0.2) is 0 Å². The average molecular weight is 385 g/mol. The van der Waals surface area contributed by atoms with Crippen molar-refractivity contribution in [2.75, 3.05) is 0 Å². The zero-order valence-electron chi connectivity index (χ0n) is 15.7. The third-order valence-corrected chi connectivity index (χ3v) is 4.91. The van der Waals surface area contributed by atoms with Crippen LogP contribution in [-0.2, 0) is 11.2 Å². The number of amides is 1. The van der Waals surface area contributed by atoms with Crippen LogP contribution in [0.3, 0.4) is 0 Å². The van der Waals surface area contributed by atoms with Crippen LogP contribution in [0.2, 0.25) is 0 Å². The maximum atomic E-state index is 12.4. The molecule has 1 unspecified atom stereocenters. The largest absolute Gasteiger partial charge is 0.423 e. The van der Waals surface area contributed by atoms with Gasteiger partial charge in [-0.15, -0.1) is 21.5 Å². The third kappa shape index (κ3) is 5.43. The van der Waals surface area contributed by atoms with Crippen LogP contribution in [-0.4, -0.2) is 26.1 Å². The average Bonchev–Trinajstić information content (AvgIpc) is 3.29. The van der Waals surface area contributed by atoms with E-state index in [1.54, 1.807) is 30.7 Å². The summed E-state index contributed by atoms with van der Waals surface area (Å²) in [6.07, 6.45) is 5.19. The van der Waals surface area contributed by atoms with Crippen LogP contribution in [0.5, 0.6) is 0 Å². The molecule has 0 fully saturated rings. The molecular formula is C19H23N5O2S. The number of pyridine rings is 1. The minimum Gasteiger partial charge on any atom is -0.423 e. The smallest absolute Gasteiger partial charge is 0.238 e. The summed E-state index contributed by atoms with van der Waals surface area (Å²) in [6.45, 7) is 5.93. The first-order valence-electron chi connectivity index (χ1n) is 8.95. The van der Waals surface area contributed by atoms with E-state index in [0.717, 1.165) is 22.7 Å². The summed E-state index contributed by atoms with van der Waals surface area (Å²) in [7, 11) is 0. The number of aromatic nitrogens is 4. The van der Waals surface area contributed by atoms with Gasteiger partial charge in [0.25, 0.3) is 0 Å². The topological polar surface area (TPSA) is 93.8 Å². The van der Waals surface area contributed by atoms with Crippen molar-refractivity contribution < 1.29 is 9.21 Å². The maximum absolute atomic E-state index is 12.4. The Bertz CT molecular complexity index is 875. The van der Waals surface area contributed by atoms with Crippen LogP contribution in [0.25, 0.3) is 10.6 Å². The Kier molecular flexibility index (Phi) is 6.28. The fourth-order valence-electron chi connectivity index (χ4n) is 2.70. The van der Waals surface area contributed by atoms with Crippen LogP contribution >= 0.6 is 11.3 Å². The summed E-state index contributed by atoms with van der Waals surface area (Å²) >= 11 is 1.57. The number of thiazole rings is 1. The Morgan fingerprint density at radius 1 is 1.26 bits per heavy atom. The van der Waals surface area contributed by atoms with Crippen molar-refractivity contribution in [2.45, 2.75) is 46.1 Å². The van der Waals surface area contributed by atoms with Gasteiger partial charge in [-0.05, 0) is 30.9 Å². The van der Waals surface area contributed by atoms with Gasteiger partial charge >= 0.3 is 0 Å². The van der Waals surface area contributed by atoms with E-state index in [4.69, 9.17) is 4.42 Å². The summed E-state index contributed by atoms with van der Waals surface area (Å²) in [5.41, 5.74) is 1.95. The first kappa shape index (κ1) is 19.2. The lowest BCUT2D eigenvalue weighted by molar-refractivity contribution is -0.122. The van der Waals surface area contributed by atoms with E-state index >= 15 is 0 Å². The van der Waals surface area contributed by atoms with Gasteiger partial charge in [0.05, 0.1) is 5.69 Å². The van der Waals surface area contributed by atoms with Gasteiger partial charge in [0.1, 0.15) is 11.0 Å². The predicted octanol–water partition coefficient (Wildman–Crippen LogP) is 3.73. The lowest BCUT2D eigenvalue weighted by Crippen LogP contribution is -2.30. The Labute approximate surface area is 162 Å². The van der Waals surface area contributed by atoms with Crippen LogP contribution in [0, 0.1) is 12.8 Å². The van der Waals surface area contributed by atoms with Crippen molar-refractivity contribution in [3.8, 4) is 10.6 Å². The molecule has 3 aromatic heterocycles. The lowest BCUT2D eigenvalue weighted by Gasteiger charge is -2.17. The second-order valence-corrected chi connectivity index (χ2v) is 7.65. The minimum absolute atomic E-state index is 0.0463. The number of nitrogens with one attached hydrogen (secondary N) is 1. The Morgan fingerprint density at radius 3 is 2.70 bits per heavy atom. The number of hydrogen-bond acceptors (Lipinski definition) is 7. The molecule has 0 aliphatic carbocycles. The van der Waals surface area contributed by atoms with Crippen molar-refractivity contribution in [3.63, 3.8) is 0 Å². The summed E-state index contributed by atoms with van der Waals surface area (Å²) in [6, 6.07) is 3.60. The molecule has 142 valence electrons. The predicted molar refractivity (Wildman–Crippen MR) is 103 cm³/mol. The number of carbonyl (C=O) groups excluding carboxylic acids is 1. The van der Waals surface area contributed by atoms with Crippen LogP contribution in [0.15, 0.2) is 34.3 Å². The Balaban J connectivity index is 1.57. The molecule has 0 aliphatic heterocycles. The van der Waals surface area contributed by atoms with Gasteiger partial charge < -0.3 is 9.73 Å². The summed E-state index contributed by atoms with van der Waals surface area (Å²) in [5.74, 6) is 1.31. The fraction of sp³-hybridized carbons (Fsp3) is 0.421. The molecule has 27 heavy (non-hydrogen) atoms. The highest BCUT2D eigenvalue weighted by Crippen LogP contribution is 2.24. The molecule has 0 aliphatic rings. The van der Waals surface area contributed by atoms with E-state index in [1.165, 1.54) is 0 Å². The van der Waals surface area contributed by atoms with E-state index in [1.807, 2.05) is 17.5 Å². The second kappa shape index (κ2) is 8.85. The third-order valence-electron chi connectivity index (χ3n) is 3.97. The molecule has 1 amide bonds. The van der Waals surface area contributed by atoms with Gasteiger partial charge in [-0.3, -0.25) is 9.78 Å². The molecule has 0 radical (unpaired) electrons. The van der Waals surface area contributed by atoms with E-state index in [-0.39, 0.29) is 11.9 Å². The number of hydrogen-bond donors (Lipinski definition) is 1. The first-order chi connectivity index (χ1) is 13.0. The molecule has 0 saturated carbocycles. The highest BCUT2D eigenvalue weighted by molar-refractivity contribution is 7.13. The van der Waals surface area contributed by atoms with E-state index in [2.05, 4.69) is 39.3 Å². The number of carbonyl (C=O) groups is 1. The fourth-order valence-corrected chi connectivity index (χ4v) is 3.56. The molecule has 0 spiro atoms. The van der Waals surface area contributed by atoms with E-state index in [0.29, 0.717) is 30.5 Å². The minimum atomic E-state index is -0.262. The number of aryl methyl sites for hydroxylation is 2. The summed E-state index contributed by atoms with van der Waals surface area (Å²) in [5, 5.41) is 13.9. The lowest BCUT2D eigenvalue weighted by atomic mass is 10.0. The monoisotopic (exact) mass is 385 g/mol. The Morgan fingerprint density at radius 2 is 2.04 bits per heavy atom. The molecular weight excluding hydrogens is 362 g/mol. The molecule has 1 N–H and O–H groups in total. The van der Waals surface area contributed by atoms with Crippen LogP contribution < -0.4 is 5.32 Å². The van der Waals surface area contributed by atoms with Gasteiger partial charge in [-0.25, -0.2) is 4.98 Å². The Hall–Kier alpha value is -2.61. The molecule has 0 bridgehead atoms. The van der Waals surface area contributed by atoms with Crippen LogP contribution in [0.1, 0.15) is 50.2 Å². The molecule has 3 rings (SSSR count). The second-order valence-electron chi connectivity index (χ2n) is 6.79. The number of nitrogens with zero attached hydrogens (tertiary/aromatic N) is 4. The molecule has 0 aromatic carbocycles. The molecule has 3 heterocycles. The zero-order chi connectivity index (χ0) is 19.2. The normalized spacial score (nSPS) is 12.3. The van der Waals surface area contributed by atoms with Crippen LogP contribution in [0.4, 0.5) is 0 Å². The molecule has 8 heteroatoms. The van der Waals surface area contributed by atoms with Crippen molar-refractivity contribution in [2.24, 2.45) is 5.92 Å². The SMILES string of the molecule is Cc1nnc(C(CC(C)C)NC(=O)CCc2csc(-c3ccncc3)n2)o1. The standard InChI is InChI=1S/C19H23N5O2S/c1-12(2)10-16(18-24-23-13(3)26-18)22-17(25)5-4-15-11-27-19(21-15)14-6-8-20-9-7-14/h6-9,11-12,16H,4-5,10H2,1-3H3,(H,22,25). The quantitative estimate of drug-likeness (QED) is 0.635. The molecule has 7 nitrogen and oxygen atoms in total. The van der Waals surface area contributed by atoms with Crippen molar-refractivity contribution >= 4 is 17.2 Å². The van der Waals surface area contributed by atoms with Crippen molar-refractivity contribution in [1.29, 1.82) is 0 Å². The zero-order valence-corrected chi connectivity index (χ0v) is 16.5. The highest BCUT2D eigenvalue weighted by atomic mass is 32.1. The van der Waals surface area contributed by atoms with Gasteiger partial charge in [-0.1, -0.05) is 13.8 Å². The highest BCUT2D eigenvalue weighted by Gasteiger charge is 2.21. The van der Waals surface area contributed by atoms with Gasteiger partial charge in [-0.2, -0.15) is 0 Å². The van der Waals surface area contributed by atoms with Crippen molar-refractivity contribution in [1.82, 2.24) is 25.5 Å². The number of rotatable bonds is 8. The summed E-state index contributed by atoms with van der Waals surface area (Å²) < 4.78 is 5.51. The van der Waals surface area contributed by atoms with E-state index < -0.39 is 0 Å². The first-order valence-corrected chi connectivity index (χ1v) is 9.83. The maximum Gasteiger partial charge on any atom is 0.238 e. The molecule has 0 saturated heterocycles. The van der Waals surface area contributed by atoms with E-state index in [9.17, 15) is 4.79 Å². The van der Waals surface area contributed by atoms with Gasteiger partial charge in [0.2, 0.25) is 17.7 Å². The van der Waals surface area contributed by atoms with Crippen molar-refractivity contribution in [3.05, 3.63) is 47.4 Å². The van der Waals surface area contributed by atoms with Gasteiger partial charge in [0, 0.05) is 36.7 Å². The molecule has 1 atom stereocenters. The molecule has 3 aromatic rings. The summed E-state index contributed by atoms with van der Waals surface area (Å²) in [4.78, 5) is 21.1.